The molecule has 3 nitrogen and oxygen atoms in total. The predicted molar refractivity (Wildman–Crippen MR) is 54.9 cm³/mol. The van der Waals surface area contributed by atoms with Crippen LogP contribution < -0.4 is 0 Å². The maximum Gasteiger partial charge on any atom is 0.0431 e. The Morgan fingerprint density at radius 1 is 1.00 bits per heavy atom. The molecule has 13 heavy (non-hydrogen) atoms. The van der Waals surface area contributed by atoms with Crippen LogP contribution in [0.15, 0.2) is 0 Å². The third-order valence-electron chi connectivity index (χ3n) is 2.79. The van der Waals surface area contributed by atoms with E-state index in [9.17, 15) is 0 Å². The fourth-order valence-corrected chi connectivity index (χ4v) is 1.78. The fourth-order valence-electron chi connectivity index (χ4n) is 1.78. The van der Waals surface area contributed by atoms with Gasteiger partial charge in [-0.2, -0.15) is 0 Å². The van der Waals surface area contributed by atoms with Crippen LogP contribution in [0.3, 0.4) is 0 Å². The highest BCUT2D eigenvalue weighted by molar-refractivity contribution is 4.70. The molecule has 0 aromatic carbocycles. The van der Waals surface area contributed by atoms with Gasteiger partial charge < -0.3 is 14.9 Å². The van der Waals surface area contributed by atoms with Crippen molar-refractivity contribution < 1.29 is 5.11 Å². The van der Waals surface area contributed by atoms with Crippen molar-refractivity contribution in [2.24, 2.45) is 0 Å². The van der Waals surface area contributed by atoms with E-state index in [1.165, 1.54) is 32.7 Å². The van der Waals surface area contributed by atoms with Crippen molar-refractivity contribution in [3.63, 3.8) is 0 Å². The molecule has 0 aliphatic carbocycles. The summed E-state index contributed by atoms with van der Waals surface area (Å²) in [5, 5.41) is 8.65. The van der Waals surface area contributed by atoms with Crippen molar-refractivity contribution in [3.05, 3.63) is 0 Å². The molecule has 0 aromatic rings. The first-order valence-corrected chi connectivity index (χ1v) is 5.42. The van der Waals surface area contributed by atoms with Crippen LogP contribution in [0.25, 0.3) is 0 Å². The first-order valence-electron chi connectivity index (χ1n) is 5.42. The Hall–Kier alpha value is -0.120. The summed E-state index contributed by atoms with van der Waals surface area (Å²) in [4.78, 5) is 4.99. The van der Waals surface area contributed by atoms with E-state index in [4.69, 9.17) is 5.11 Å². The third-order valence-corrected chi connectivity index (χ3v) is 2.79. The van der Waals surface area contributed by atoms with Crippen LogP contribution in [-0.2, 0) is 0 Å². The largest absolute Gasteiger partial charge is 0.396 e. The molecular weight excluding hydrogens is 164 g/mol. The van der Waals surface area contributed by atoms with E-state index in [2.05, 4.69) is 16.7 Å². The van der Waals surface area contributed by atoms with Crippen LogP contribution in [0.2, 0.25) is 0 Å². The second kappa shape index (κ2) is 6.35. The first-order chi connectivity index (χ1) is 6.36. The van der Waals surface area contributed by atoms with E-state index in [1.807, 2.05) is 0 Å². The molecule has 0 bridgehead atoms. The number of piperazine rings is 1. The topological polar surface area (TPSA) is 26.7 Å². The van der Waals surface area contributed by atoms with Gasteiger partial charge in [0.2, 0.25) is 0 Å². The maximum absolute atomic E-state index is 8.65. The summed E-state index contributed by atoms with van der Waals surface area (Å²) in [6.45, 7) is 9.77. The number of likely N-dealkylation sites (N-methyl/N-ethyl adjacent to an activating group) is 1. The van der Waals surface area contributed by atoms with Crippen molar-refractivity contribution in [1.82, 2.24) is 9.80 Å². The van der Waals surface area contributed by atoms with Gasteiger partial charge in [0.05, 0.1) is 0 Å². The van der Waals surface area contributed by atoms with E-state index in [0.29, 0.717) is 6.61 Å². The van der Waals surface area contributed by atoms with Crippen LogP contribution in [0.5, 0.6) is 0 Å². The monoisotopic (exact) mass is 186 g/mol. The molecule has 0 spiro atoms. The van der Waals surface area contributed by atoms with Crippen molar-refractivity contribution in [2.45, 2.75) is 19.8 Å². The molecule has 0 radical (unpaired) electrons. The quantitative estimate of drug-likeness (QED) is 0.629. The van der Waals surface area contributed by atoms with Crippen LogP contribution in [0.1, 0.15) is 19.8 Å². The Morgan fingerprint density at radius 3 is 2.15 bits per heavy atom. The molecule has 1 N–H and O–H groups in total. The lowest BCUT2D eigenvalue weighted by Crippen LogP contribution is -2.46. The van der Waals surface area contributed by atoms with Gasteiger partial charge in [-0.25, -0.2) is 0 Å². The molecule has 0 atom stereocenters. The van der Waals surface area contributed by atoms with Gasteiger partial charge in [0.1, 0.15) is 0 Å². The summed E-state index contributed by atoms with van der Waals surface area (Å²) in [5.74, 6) is 0. The lowest BCUT2D eigenvalue weighted by atomic mass is 10.2. The Morgan fingerprint density at radius 2 is 1.62 bits per heavy atom. The number of hydrogen-bond acceptors (Lipinski definition) is 3. The van der Waals surface area contributed by atoms with Crippen molar-refractivity contribution >= 4 is 0 Å². The molecule has 1 aliphatic heterocycles. The Kier molecular flexibility index (Phi) is 5.35. The van der Waals surface area contributed by atoms with E-state index in [0.717, 1.165) is 19.4 Å². The molecule has 78 valence electrons. The summed E-state index contributed by atoms with van der Waals surface area (Å²) in [5.41, 5.74) is 0. The predicted octanol–water partition coefficient (Wildman–Crippen LogP) is 0.396. The van der Waals surface area contributed by atoms with Crippen LogP contribution in [-0.4, -0.2) is 60.8 Å². The SMILES string of the molecule is CCN1CCN(CCCCO)CC1. The van der Waals surface area contributed by atoms with Gasteiger partial charge in [-0.1, -0.05) is 6.92 Å². The average Bonchev–Trinajstić information content (AvgIpc) is 2.19. The molecule has 0 saturated carbocycles. The average molecular weight is 186 g/mol. The molecule has 1 fully saturated rings. The van der Waals surface area contributed by atoms with Gasteiger partial charge in [0, 0.05) is 32.8 Å². The highest BCUT2D eigenvalue weighted by Crippen LogP contribution is 2.02. The zero-order chi connectivity index (χ0) is 9.52. The molecule has 1 saturated heterocycles. The maximum atomic E-state index is 8.65. The van der Waals surface area contributed by atoms with Crippen molar-refractivity contribution in [2.75, 3.05) is 45.9 Å². The zero-order valence-corrected chi connectivity index (χ0v) is 8.71. The summed E-state index contributed by atoms with van der Waals surface area (Å²) in [7, 11) is 0. The Balaban J connectivity index is 2.03. The number of hydrogen-bond donors (Lipinski definition) is 1. The minimum Gasteiger partial charge on any atom is -0.396 e. The van der Waals surface area contributed by atoms with Gasteiger partial charge >= 0.3 is 0 Å². The molecular formula is C10H22N2O. The lowest BCUT2D eigenvalue weighted by Gasteiger charge is -2.33. The van der Waals surface area contributed by atoms with E-state index < -0.39 is 0 Å². The number of rotatable bonds is 5. The second-order valence-corrected chi connectivity index (χ2v) is 3.71. The molecule has 1 heterocycles. The standard InChI is InChI=1S/C10H22N2O/c1-2-11-6-8-12(9-7-11)5-3-4-10-13/h13H,2-10H2,1H3. The van der Waals surface area contributed by atoms with Crippen LogP contribution in [0.4, 0.5) is 0 Å². The molecule has 3 heteroatoms. The highest BCUT2D eigenvalue weighted by Gasteiger charge is 2.14. The Labute approximate surface area is 81.3 Å². The van der Waals surface area contributed by atoms with Crippen LogP contribution >= 0.6 is 0 Å². The number of unbranched alkanes of at least 4 members (excludes halogenated alkanes) is 1. The smallest absolute Gasteiger partial charge is 0.0431 e. The minimum atomic E-state index is 0.342. The highest BCUT2D eigenvalue weighted by atomic mass is 16.2. The van der Waals surface area contributed by atoms with Crippen molar-refractivity contribution in [3.8, 4) is 0 Å². The van der Waals surface area contributed by atoms with E-state index in [-0.39, 0.29) is 0 Å². The summed E-state index contributed by atoms with van der Waals surface area (Å²) >= 11 is 0. The molecule has 0 amide bonds. The Bertz CT molecular complexity index is 119. The summed E-state index contributed by atoms with van der Waals surface area (Å²) in [6.07, 6.45) is 2.09. The fraction of sp³-hybridized carbons (Fsp3) is 1.00. The van der Waals surface area contributed by atoms with E-state index >= 15 is 0 Å². The lowest BCUT2D eigenvalue weighted by molar-refractivity contribution is 0.133. The van der Waals surface area contributed by atoms with Crippen LogP contribution in [0, 0.1) is 0 Å². The second-order valence-electron chi connectivity index (χ2n) is 3.71. The normalized spacial score (nSPS) is 20.8. The van der Waals surface area contributed by atoms with Gasteiger partial charge in [0.15, 0.2) is 0 Å². The number of aliphatic hydroxyl groups is 1. The van der Waals surface area contributed by atoms with E-state index in [1.54, 1.807) is 0 Å². The third kappa shape index (κ3) is 4.07. The molecule has 0 aromatic heterocycles. The summed E-state index contributed by atoms with van der Waals surface area (Å²) in [6, 6.07) is 0. The van der Waals surface area contributed by atoms with Gasteiger partial charge in [-0.15, -0.1) is 0 Å². The number of nitrogens with zero attached hydrogens (tertiary/aromatic N) is 2. The first kappa shape index (κ1) is 11.0. The van der Waals surface area contributed by atoms with Gasteiger partial charge in [-0.05, 0) is 25.9 Å². The van der Waals surface area contributed by atoms with Gasteiger partial charge in [0.25, 0.3) is 0 Å². The molecule has 1 aliphatic rings. The van der Waals surface area contributed by atoms with Gasteiger partial charge in [-0.3, -0.25) is 0 Å². The molecule has 1 rings (SSSR count). The zero-order valence-electron chi connectivity index (χ0n) is 8.71. The van der Waals surface area contributed by atoms with Crippen molar-refractivity contribution in [1.29, 1.82) is 0 Å². The number of aliphatic hydroxyl groups excluding tert-OH is 1. The molecule has 0 unspecified atom stereocenters. The minimum absolute atomic E-state index is 0.342. The summed E-state index contributed by atoms with van der Waals surface area (Å²) < 4.78 is 0.